The van der Waals surface area contributed by atoms with Gasteiger partial charge in [-0.3, -0.25) is 4.79 Å². The third kappa shape index (κ3) is 6.03. The van der Waals surface area contributed by atoms with Gasteiger partial charge in [0.15, 0.2) is 0 Å². The maximum Gasteiger partial charge on any atom is 0.266 e. The van der Waals surface area contributed by atoms with E-state index in [9.17, 15) is 14.4 Å². The number of amides is 1. The molecule has 1 N–H and O–H groups in total. The molecule has 0 saturated heterocycles. The maximum absolute atomic E-state index is 13.3. The normalized spacial score (nSPS) is 10.9. The third-order valence-corrected chi connectivity index (χ3v) is 5.60. The molecular formula is C23H15FI2N2O2. The monoisotopic (exact) mass is 624 g/mol. The van der Waals surface area contributed by atoms with Gasteiger partial charge in [0.25, 0.3) is 5.91 Å². The van der Waals surface area contributed by atoms with Gasteiger partial charge in [-0.15, -0.1) is 0 Å². The topological polar surface area (TPSA) is 62.1 Å². The van der Waals surface area contributed by atoms with Gasteiger partial charge in [0.2, 0.25) is 0 Å². The number of carbonyl (C=O) groups excluding carboxylic acids is 1. The zero-order valence-electron chi connectivity index (χ0n) is 15.5. The number of anilines is 1. The SMILES string of the molecule is N#C/C(=C/c1cc(I)c(OCc2cccc(F)c2)c(I)c1)C(=O)Nc1ccccc1. The van der Waals surface area contributed by atoms with Crippen LogP contribution in [-0.4, -0.2) is 5.91 Å². The molecule has 0 aliphatic rings. The summed E-state index contributed by atoms with van der Waals surface area (Å²) < 4.78 is 20.9. The minimum absolute atomic E-state index is 0.00104. The first kappa shape index (κ1) is 22.2. The number of benzene rings is 3. The Kier molecular flexibility index (Phi) is 7.81. The predicted molar refractivity (Wildman–Crippen MR) is 131 cm³/mol. The molecule has 0 bridgehead atoms. The molecule has 0 atom stereocenters. The quantitative estimate of drug-likeness (QED) is 0.203. The number of nitriles is 1. The van der Waals surface area contributed by atoms with Gasteiger partial charge >= 0.3 is 0 Å². The molecule has 0 unspecified atom stereocenters. The summed E-state index contributed by atoms with van der Waals surface area (Å²) in [6.07, 6.45) is 1.54. The highest BCUT2D eigenvalue weighted by molar-refractivity contribution is 14.1. The second-order valence-electron chi connectivity index (χ2n) is 6.22. The molecule has 30 heavy (non-hydrogen) atoms. The van der Waals surface area contributed by atoms with Crippen molar-refractivity contribution >= 4 is 62.9 Å². The average molecular weight is 624 g/mol. The molecule has 0 fully saturated rings. The first-order valence-electron chi connectivity index (χ1n) is 8.81. The van der Waals surface area contributed by atoms with E-state index in [-0.39, 0.29) is 18.0 Å². The lowest BCUT2D eigenvalue weighted by Crippen LogP contribution is -2.13. The van der Waals surface area contributed by atoms with E-state index in [0.717, 1.165) is 12.7 Å². The number of hydrogen-bond acceptors (Lipinski definition) is 3. The van der Waals surface area contributed by atoms with E-state index in [4.69, 9.17) is 4.74 Å². The van der Waals surface area contributed by atoms with Crippen LogP contribution in [0, 0.1) is 24.3 Å². The maximum atomic E-state index is 13.3. The Balaban J connectivity index is 1.77. The number of ether oxygens (including phenoxy) is 1. The first-order valence-corrected chi connectivity index (χ1v) is 11.0. The van der Waals surface area contributed by atoms with Gasteiger partial charge < -0.3 is 10.1 Å². The van der Waals surface area contributed by atoms with E-state index >= 15 is 0 Å². The zero-order chi connectivity index (χ0) is 21.5. The standard InChI is InChI=1S/C23H15FI2N2O2/c24-18-6-4-5-15(10-18)14-30-22-20(25)11-16(12-21(22)26)9-17(13-27)23(29)28-19-7-2-1-3-8-19/h1-12H,14H2,(H,28,29)/b17-9-. The van der Waals surface area contributed by atoms with Crippen molar-refractivity contribution in [2.75, 3.05) is 5.32 Å². The van der Waals surface area contributed by atoms with Crippen LogP contribution in [0.15, 0.2) is 72.3 Å². The molecule has 0 aliphatic carbocycles. The number of nitrogens with one attached hydrogen (secondary N) is 1. The highest BCUT2D eigenvalue weighted by Gasteiger charge is 2.13. The van der Waals surface area contributed by atoms with Gasteiger partial charge in [-0.1, -0.05) is 30.3 Å². The Hall–Kier alpha value is -2.45. The van der Waals surface area contributed by atoms with Gasteiger partial charge in [-0.05, 0) is 98.8 Å². The molecule has 0 aliphatic heterocycles. The highest BCUT2D eigenvalue weighted by Crippen LogP contribution is 2.30. The van der Waals surface area contributed by atoms with Crippen LogP contribution >= 0.6 is 45.2 Å². The van der Waals surface area contributed by atoms with Crippen molar-refractivity contribution in [2.24, 2.45) is 0 Å². The Labute approximate surface area is 201 Å². The summed E-state index contributed by atoms with van der Waals surface area (Å²) in [7, 11) is 0. The number of halogens is 3. The number of rotatable bonds is 6. The van der Waals surface area contributed by atoms with Gasteiger partial charge in [0.1, 0.15) is 29.8 Å². The van der Waals surface area contributed by atoms with E-state index in [1.165, 1.54) is 12.1 Å². The fraction of sp³-hybridized carbons (Fsp3) is 0.0435. The van der Waals surface area contributed by atoms with Crippen LogP contribution in [0.25, 0.3) is 6.08 Å². The zero-order valence-corrected chi connectivity index (χ0v) is 19.8. The molecule has 0 spiro atoms. The molecule has 7 heteroatoms. The van der Waals surface area contributed by atoms with Crippen molar-refractivity contribution in [2.45, 2.75) is 6.61 Å². The Bertz CT molecular complexity index is 1120. The van der Waals surface area contributed by atoms with E-state index in [1.54, 1.807) is 42.5 Å². The minimum Gasteiger partial charge on any atom is -0.487 e. The fourth-order valence-electron chi connectivity index (χ4n) is 2.62. The van der Waals surface area contributed by atoms with Crippen molar-refractivity contribution in [3.8, 4) is 11.8 Å². The lowest BCUT2D eigenvalue weighted by Gasteiger charge is -2.12. The number of para-hydroxylation sites is 1. The molecule has 0 saturated carbocycles. The van der Waals surface area contributed by atoms with Crippen molar-refractivity contribution in [3.05, 3.63) is 96.4 Å². The number of nitrogens with zero attached hydrogens (tertiary/aromatic N) is 1. The summed E-state index contributed by atoms with van der Waals surface area (Å²) in [5, 5.41) is 12.1. The van der Waals surface area contributed by atoms with Crippen LogP contribution < -0.4 is 10.1 Å². The van der Waals surface area contributed by atoms with E-state index in [2.05, 4.69) is 50.5 Å². The second-order valence-corrected chi connectivity index (χ2v) is 8.55. The summed E-state index contributed by atoms with van der Waals surface area (Å²) >= 11 is 4.28. The van der Waals surface area contributed by atoms with Gasteiger partial charge in [-0.2, -0.15) is 5.26 Å². The highest BCUT2D eigenvalue weighted by atomic mass is 127. The van der Waals surface area contributed by atoms with Crippen LogP contribution in [0.2, 0.25) is 0 Å². The largest absolute Gasteiger partial charge is 0.487 e. The summed E-state index contributed by atoms with van der Waals surface area (Å²) in [6.45, 7) is 0.238. The first-order chi connectivity index (χ1) is 14.5. The lowest BCUT2D eigenvalue weighted by molar-refractivity contribution is -0.112. The smallest absolute Gasteiger partial charge is 0.266 e. The van der Waals surface area contributed by atoms with Crippen LogP contribution in [-0.2, 0) is 11.4 Å². The van der Waals surface area contributed by atoms with Crippen molar-refractivity contribution < 1.29 is 13.9 Å². The average Bonchev–Trinajstić information content (AvgIpc) is 2.72. The second kappa shape index (κ2) is 10.5. The van der Waals surface area contributed by atoms with Crippen molar-refractivity contribution in [1.82, 2.24) is 0 Å². The van der Waals surface area contributed by atoms with Crippen LogP contribution in [0.5, 0.6) is 5.75 Å². The van der Waals surface area contributed by atoms with Gasteiger partial charge in [-0.25, -0.2) is 4.39 Å². The fourth-order valence-corrected chi connectivity index (χ4v) is 4.75. The summed E-state index contributed by atoms with van der Waals surface area (Å²) in [6, 6.07) is 20.8. The minimum atomic E-state index is -0.472. The van der Waals surface area contributed by atoms with Crippen LogP contribution in [0.3, 0.4) is 0 Å². The Morgan fingerprint density at radius 3 is 2.40 bits per heavy atom. The summed E-state index contributed by atoms with van der Waals surface area (Å²) in [5.74, 6) is -0.108. The third-order valence-electron chi connectivity index (χ3n) is 4.00. The molecule has 0 aromatic heterocycles. The van der Waals surface area contributed by atoms with Crippen LogP contribution in [0.1, 0.15) is 11.1 Å². The van der Waals surface area contributed by atoms with Crippen molar-refractivity contribution in [1.29, 1.82) is 5.26 Å². The molecule has 4 nitrogen and oxygen atoms in total. The van der Waals surface area contributed by atoms with E-state index in [0.29, 0.717) is 17.0 Å². The predicted octanol–water partition coefficient (Wildman–Crippen LogP) is 6.16. The summed E-state index contributed by atoms with van der Waals surface area (Å²) in [4.78, 5) is 12.4. The number of carbonyl (C=O) groups is 1. The molecule has 150 valence electrons. The molecule has 3 aromatic carbocycles. The molecule has 3 aromatic rings. The molecule has 0 heterocycles. The van der Waals surface area contributed by atoms with E-state index < -0.39 is 5.91 Å². The Morgan fingerprint density at radius 2 is 1.77 bits per heavy atom. The molecular weight excluding hydrogens is 609 g/mol. The van der Waals surface area contributed by atoms with Crippen molar-refractivity contribution in [3.63, 3.8) is 0 Å². The van der Waals surface area contributed by atoms with Crippen LogP contribution in [0.4, 0.5) is 10.1 Å². The van der Waals surface area contributed by atoms with E-state index in [1.807, 2.05) is 24.3 Å². The Morgan fingerprint density at radius 1 is 1.07 bits per heavy atom. The lowest BCUT2D eigenvalue weighted by atomic mass is 10.1. The van der Waals surface area contributed by atoms with Gasteiger partial charge in [0, 0.05) is 5.69 Å². The molecule has 1 amide bonds. The molecule has 0 radical (unpaired) electrons. The number of hydrogen-bond donors (Lipinski definition) is 1. The van der Waals surface area contributed by atoms with Gasteiger partial charge in [0.05, 0.1) is 7.14 Å². The molecule has 3 rings (SSSR count). The summed E-state index contributed by atoms with van der Waals surface area (Å²) in [5.41, 5.74) is 2.06.